The van der Waals surface area contributed by atoms with Crippen molar-refractivity contribution in [3.05, 3.63) is 29.7 Å². The number of hydrogen-bond acceptors (Lipinski definition) is 5. The van der Waals surface area contributed by atoms with Gasteiger partial charge in [-0.2, -0.15) is 5.10 Å². The molecule has 0 aliphatic heterocycles. The van der Waals surface area contributed by atoms with Crippen molar-refractivity contribution in [2.24, 2.45) is 0 Å². The van der Waals surface area contributed by atoms with Gasteiger partial charge >= 0.3 is 0 Å². The number of carbonyl (C=O) groups excluding carboxylic acids is 1. The second-order valence-corrected chi connectivity index (χ2v) is 5.52. The van der Waals surface area contributed by atoms with Gasteiger partial charge in [-0.15, -0.1) is 0 Å². The highest BCUT2D eigenvalue weighted by atomic mass is 16.3. The molecule has 0 spiro atoms. The largest absolute Gasteiger partial charge is 0.391 e. The fourth-order valence-corrected chi connectivity index (χ4v) is 2.31. The highest BCUT2D eigenvalue weighted by molar-refractivity contribution is 5.99. The molecule has 0 saturated heterocycles. The lowest BCUT2D eigenvalue weighted by Crippen LogP contribution is -2.31. The molecule has 2 rings (SSSR count). The minimum atomic E-state index is -0.533. The molecule has 0 bridgehead atoms. The van der Waals surface area contributed by atoms with Gasteiger partial charge in [-0.1, -0.05) is 20.8 Å². The van der Waals surface area contributed by atoms with Crippen LogP contribution in [-0.4, -0.2) is 56.2 Å². The Morgan fingerprint density at radius 2 is 2.09 bits per heavy atom. The maximum Gasteiger partial charge on any atom is 0.256 e. The molecule has 0 aromatic carbocycles. The van der Waals surface area contributed by atoms with Gasteiger partial charge in [0.1, 0.15) is 5.56 Å². The maximum absolute atomic E-state index is 12.2. The van der Waals surface area contributed by atoms with Crippen LogP contribution in [0.5, 0.6) is 0 Å². The number of hydrogen-bond donors (Lipinski definition) is 2. The molecule has 1 unspecified atom stereocenters. The number of aliphatic hydroxyl groups excluding tert-OH is 1. The van der Waals surface area contributed by atoms with Gasteiger partial charge in [0.2, 0.25) is 0 Å². The van der Waals surface area contributed by atoms with Crippen LogP contribution in [0.15, 0.2) is 18.6 Å². The Hall–Kier alpha value is -1.99. The van der Waals surface area contributed by atoms with E-state index in [1.54, 1.807) is 10.7 Å². The van der Waals surface area contributed by atoms with Crippen molar-refractivity contribution < 1.29 is 9.90 Å². The van der Waals surface area contributed by atoms with Crippen molar-refractivity contribution in [2.75, 3.05) is 19.6 Å². The summed E-state index contributed by atoms with van der Waals surface area (Å²) in [6.45, 7) is 9.09. The molecule has 0 saturated carbocycles. The summed E-state index contributed by atoms with van der Waals surface area (Å²) in [4.78, 5) is 18.8. The molecule has 2 heterocycles. The highest BCUT2D eigenvalue weighted by Gasteiger charge is 2.15. The molecule has 0 fully saturated rings. The van der Waals surface area contributed by atoms with Crippen molar-refractivity contribution in [2.45, 2.75) is 39.8 Å². The van der Waals surface area contributed by atoms with Gasteiger partial charge < -0.3 is 10.4 Å². The summed E-state index contributed by atoms with van der Waals surface area (Å²) in [5.41, 5.74) is 2.00. The second kappa shape index (κ2) is 8.03. The minimum absolute atomic E-state index is 0.229. The third-order valence-electron chi connectivity index (χ3n) is 3.92. The molecular weight excluding hydrogens is 294 g/mol. The average molecular weight is 319 g/mol. The van der Waals surface area contributed by atoms with Crippen LogP contribution in [-0.2, 0) is 6.54 Å². The van der Waals surface area contributed by atoms with E-state index in [0.29, 0.717) is 17.6 Å². The zero-order valence-corrected chi connectivity index (χ0v) is 14.0. The standard InChI is InChI=1S/C16H25N5O2/c1-4-13(22)8-18-16(23)14-9-19-21-11-12(7-17-15(14)21)10-20(5-2)6-3/h7,9,11,13,22H,4-6,8,10H2,1-3H3,(H,18,23). The quantitative estimate of drug-likeness (QED) is 0.760. The first kappa shape index (κ1) is 17.4. The molecule has 1 amide bonds. The monoisotopic (exact) mass is 319 g/mol. The fourth-order valence-electron chi connectivity index (χ4n) is 2.31. The molecule has 126 valence electrons. The molecule has 0 aliphatic rings. The lowest BCUT2D eigenvalue weighted by molar-refractivity contribution is 0.0915. The molecule has 2 aromatic rings. The minimum Gasteiger partial charge on any atom is -0.391 e. The summed E-state index contributed by atoms with van der Waals surface area (Å²) in [5, 5.41) is 16.5. The Bertz CT molecular complexity index is 651. The van der Waals surface area contributed by atoms with Crippen LogP contribution in [0.25, 0.3) is 5.65 Å². The van der Waals surface area contributed by atoms with Gasteiger partial charge in [0, 0.05) is 31.0 Å². The Labute approximate surface area is 136 Å². The van der Waals surface area contributed by atoms with Crippen molar-refractivity contribution in [3.8, 4) is 0 Å². The number of nitrogens with zero attached hydrogens (tertiary/aromatic N) is 4. The lowest BCUT2D eigenvalue weighted by Gasteiger charge is -2.17. The Balaban J connectivity index is 2.13. The van der Waals surface area contributed by atoms with Crippen molar-refractivity contribution in [1.29, 1.82) is 0 Å². The molecule has 2 aromatic heterocycles. The predicted molar refractivity (Wildman–Crippen MR) is 88.2 cm³/mol. The van der Waals surface area contributed by atoms with E-state index in [0.717, 1.165) is 25.2 Å². The Morgan fingerprint density at radius 1 is 1.35 bits per heavy atom. The van der Waals surface area contributed by atoms with Crippen molar-refractivity contribution >= 4 is 11.6 Å². The van der Waals surface area contributed by atoms with Crippen molar-refractivity contribution in [3.63, 3.8) is 0 Å². The van der Waals surface area contributed by atoms with E-state index in [2.05, 4.69) is 34.1 Å². The zero-order valence-electron chi connectivity index (χ0n) is 14.0. The number of nitrogens with one attached hydrogen (secondary N) is 1. The van der Waals surface area contributed by atoms with Crippen molar-refractivity contribution in [1.82, 2.24) is 24.8 Å². The van der Waals surface area contributed by atoms with Crippen LogP contribution in [0.3, 0.4) is 0 Å². The van der Waals surface area contributed by atoms with E-state index in [1.165, 1.54) is 6.20 Å². The van der Waals surface area contributed by atoms with Crippen LogP contribution in [0.4, 0.5) is 0 Å². The summed E-state index contributed by atoms with van der Waals surface area (Å²) in [6.07, 6.45) is 5.26. The van der Waals surface area contributed by atoms with E-state index in [4.69, 9.17) is 0 Å². The Morgan fingerprint density at radius 3 is 2.74 bits per heavy atom. The molecule has 7 nitrogen and oxygen atoms in total. The van der Waals surface area contributed by atoms with Crippen LogP contribution < -0.4 is 5.32 Å². The smallest absolute Gasteiger partial charge is 0.256 e. The zero-order chi connectivity index (χ0) is 16.8. The first-order valence-corrected chi connectivity index (χ1v) is 8.09. The van der Waals surface area contributed by atoms with E-state index in [9.17, 15) is 9.90 Å². The van der Waals surface area contributed by atoms with Crippen LogP contribution in [0.1, 0.15) is 43.1 Å². The number of aliphatic hydroxyl groups is 1. The third kappa shape index (κ3) is 4.27. The van der Waals surface area contributed by atoms with Crippen LogP contribution in [0, 0.1) is 0 Å². The van der Waals surface area contributed by atoms with E-state index < -0.39 is 6.10 Å². The van der Waals surface area contributed by atoms with E-state index in [1.807, 2.05) is 13.1 Å². The molecule has 7 heteroatoms. The number of rotatable bonds is 8. The topological polar surface area (TPSA) is 82.8 Å². The van der Waals surface area contributed by atoms with E-state index in [-0.39, 0.29) is 12.5 Å². The molecular formula is C16H25N5O2. The van der Waals surface area contributed by atoms with Gasteiger partial charge in [0.05, 0.1) is 12.3 Å². The highest BCUT2D eigenvalue weighted by Crippen LogP contribution is 2.10. The van der Waals surface area contributed by atoms with Crippen LogP contribution >= 0.6 is 0 Å². The summed E-state index contributed by atoms with van der Waals surface area (Å²) in [6, 6.07) is 0. The molecule has 23 heavy (non-hydrogen) atoms. The molecule has 1 atom stereocenters. The molecule has 2 N–H and O–H groups in total. The van der Waals surface area contributed by atoms with Gasteiger partial charge in [-0.05, 0) is 19.5 Å². The molecule has 0 radical (unpaired) electrons. The van der Waals surface area contributed by atoms with E-state index >= 15 is 0 Å². The van der Waals surface area contributed by atoms with Gasteiger partial charge in [-0.3, -0.25) is 9.69 Å². The average Bonchev–Trinajstić information content (AvgIpc) is 3.00. The van der Waals surface area contributed by atoms with Gasteiger partial charge in [-0.25, -0.2) is 9.50 Å². The number of carbonyl (C=O) groups is 1. The lowest BCUT2D eigenvalue weighted by atomic mass is 10.2. The number of amides is 1. The normalized spacial score (nSPS) is 12.7. The summed E-state index contributed by atoms with van der Waals surface area (Å²) in [5.74, 6) is -0.267. The fraction of sp³-hybridized carbons (Fsp3) is 0.562. The second-order valence-electron chi connectivity index (χ2n) is 5.52. The summed E-state index contributed by atoms with van der Waals surface area (Å²) >= 11 is 0. The first-order valence-electron chi connectivity index (χ1n) is 8.09. The number of fused-ring (bicyclic) bond motifs is 1. The predicted octanol–water partition coefficient (Wildman–Crippen LogP) is 1.07. The first-order chi connectivity index (χ1) is 11.1. The van der Waals surface area contributed by atoms with Crippen LogP contribution in [0.2, 0.25) is 0 Å². The Kier molecular flexibility index (Phi) is 6.06. The third-order valence-corrected chi connectivity index (χ3v) is 3.92. The summed E-state index contributed by atoms with van der Waals surface area (Å²) < 4.78 is 1.63. The maximum atomic E-state index is 12.2. The molecule has 0 aliphatic carbocycles. The number of aromatic nitrogens is 3. The van der Waals surface area contributed by atoms with Gasteiger partial charge in [0.15, 0.2) is 5.65 Å². The summed E-state index contributed by atoms with van der Waals surface area (Å²) in [7, 11) is 0. The SMILES string of the molecule is CCC(O)CNC(=O)c1cnn2cc(CN(CC)CC)cnc12. The van der Waals surface area contributed by atoms with Gasteiger partial charge in [0.25, 0.3) is 5.91 Å².